The molecule has 6 nitrogen and oxygen atoms in total. The van der Waals surface area contributed by atoms with Crippen molar-refractivity contribution < 1.29 is 18.5 Å². The summed E-state index contributed by atoms with van der Waals surface area (Å²) in [7, 11) is 0. The third-order valence-corrected chi connectivity index (χ3v) is 3.37. The lowest BCUT2D eigenvalue weighted by Gasteiger charge is -2.18. The van der Waals surface area contributed by atoms with Crippen LogP contribution in [0.25, 0.3) is 0 Å². The van der Waals surface area contributed by atoms with Crippen LogP contribution in [0, 0.1) is 12.7 Å². The lowest BCUT2D eigenvalue weighted by molar-refractivity contribution is -0.131. The van der Waals surface area contributed by atoms with E-state index in [1.165, 1.54) is 24.3 Å². The molecule has 2 aromatic rings. The number of carbonyl (C=O) groups excluding carboxylic acids is 2. The van der Waals surface area contributed by atoms with Gasteiger partial charge in [0.2, 0.25) is 11.8 Å². The fourth-order valence-electron chi connectivity index (χ4n) is 2.11. The SMILES string of the molecule is CCN(Cc1noc(C)n1)C(=O)CCC(=O)c1ccc(F)cc1. The van der Waals surface area contributed by atoms with Crippen LogP contribution in [0.15, 0.2) is 28.8 Å². The maximum absolute atomic E-state index is 12.8. The van der Waals surface area contributed by atoms with Gasteiger partial charge in [-0.2, -0.15) is 4.98 Å². The van der Waals surface area contributed by atoms with Crippen LogP contribution in [0.5, 0.6) is 0 Å². The zero-order valence-electron chi connectivity index (χ0n) is 13.1. The van der Waals surface area contributed by atoms with E-state index in [1.807, 2.05) is 6.92 Å². The van der Waals surface area contributed by atoms with Gasteiger partial charge in [0.15, 0.2) is 11.6 Å². The molecular formula is C16H18FN3O3. The fraction of sp³-hybridized carbons (Fsp3) is 0.375. The van der Waals surface area contributed by atoms with Crippen molar-refractivity contribution in [2.75, 3.05) is 6.54 Å². The van der Waals surface area contributed by atoms with E-state index in [-0.39, 0.29) is 31.1 Å². The number of halogens is 1. The van der Waals surface area contributed by atoms with Crippen molar-refractivity contribution in [1.29, 1.82) is 0 Å². The first-order valence-electron chi connectivity index (χ1n) is 7.35. The molecule has 122 valence electrons. The summed E-state index contributed by atoms with van der Waals surface area (Å²) in [6.07, 6.45) is 0.160. The number of carbonyl (C=O) groups is 2. The number of amides is 1. The molecule has 0 aliphatic heterocycles. The van der Waals surface area contributed by atoms with Gasteiger partial charge in [-0.05, 0) is 31.2 Å². The van der Waals surface area contributed by atoms with Crippen LogP contribution in [0.4, 0.5) is 4.39 Å². The zero-order chi connectivity index (χ0) is 16.8. The Hall–Kier alpha value is -2.57. The molecule has 0 atom stereocenters. The van der Waals surface area contributed by atoms with Crippen LogP contribution in [0.2, 0.25) is 0 Å². The van der Waals surface area contributed by atoms with Crippen LogP contribution in [0.1, 0.15) is 41.8 Å². The number of hydrogen-bond donors (Lipinski definition) is 0. The van der Waals surface area contributed by atoms with Gasteiger partial charge in [0.1, 0.15) is 5.82 Å². The minimum atomic E-state index is -0.398. The number of aromatic nitrogens is 2. The maximum atomic E-state index is 12.8. The molecular weight excluding hydrogens is 301 g/mol. The van der Waals surface area contributed by atoms with E-state index in [1.54, 1.807) is 11.8 Å². The molecule has 0 saturated carbocycles. The molecule has 2 rings (SSSR count). The average molecular weight is 319 g/mol. The second kappa shape index (κ2) is 7.62. The van der Waals surface area contributed by atoms with E-state index in [4.69, 9.17) is 4.52 Å². The Kier molecular flexibility index (Phi) is 5.56. The number of hydrogen-bond acceptors (Lipinski definition) is 5. The summed E-state index contributed by atoms with van der Waals surface area (Å²) < 4.78 is 17.7. The summed E-state index contributed by atoms with van der Waals surface area (Å²) >= 11 is 0. The fourth-order valence-corrected chi connectivity index (χ4v) is 2.11. The smallest absolute Gasteiger partial charge is 0.223 e. The molecule has 0 spiro atoms. The molecule has 1 amide bonds. The van der Waals surface area contributed by atoms with Gasteiger partial charge in [-0.1, -0.05) is 5.16 Å². The maximum Gasteiger partial charge on any atom is 0.223 e. The largest absolute Gasteiger partial charge is 0.340 e. The van der Waals surface area contributed by atoms with Gasteiger partial charge >= 0.3 is 0 Å². The van der Waals surface area contributed by atoms with Crippen molar-refractivity contribution in [2.24, 2.45) is 0 Å². The molecule has 0 saturated heterocycles. The predicted molar refractivity (Wildman–Crippen MR) is 80.1 cm³/mol. The number of benzene rings is 1. The summed E-state index contributed by atoms with van der Waals surface area (Å²) in [4.78, 5) is 29.8. The molecule has 23 heavy (non-hydrogen) atoms. The summed E-state index contributed by atoms with van der Waals surface area (Å²) in [6, 6.07) is 5.29. The van der Waals surface area contributed by atoms with Gasteiger partial charge in [0.05, 0.1) is 6.54 Å². The Labute approximate surface area is 133 Å². The topological polar surface area (TPSA) is 76.3 Å². The number of aryl methyl sites for hydroxylation is 1. The van der Waals surface area contributed by atoms with Crippen molar-refractivity contribution in [3.05, 3.63) is 47.4 Å². The highest BCUT2D eigenvalue weighted by Crippen LogP contribution is 2.10. The number of ketones is 1. The van der Waals surface area contributed by atoms with Gasteiger partial charge in [0.25, 0.3) is 0 Å². The highest BCUT2D eigenvalue weighted by Gasteiger charge is 2.17. The van der Waals surface area contributed by atoms with E-state index >= 15 is 0 Å². The molecule has 0 aliphatic rings. The van der Waals surface area contributed by atoms with Crippen molar-refractivity contribution >= 4 is 11.7 Å². The van der Waals surface area contributed by atoms with E-state index in [0.717, 1.165) is 0 Å². The summed E-state index contributed by atoms with van der Waals surface area (Å²) in [5.41, 5.74) is 0.399. The second-order valence-corrected chi connectivity index (χ2v) is 5.07. The van der Waals surface area contributed by atoms with Gasteiger partial charge in [-0.3, -0.25) is 9.59 Å². The molecule has 0 bridgehead atoms. The van der Waals surface area contributed by atoms with E-state index < -0.39 is 5.82 Å². The summed E-state index contributed by atoms with van der Waals surface area (Å²) in [6.45, 7) is 4.25. The number of nitrogens with zero attached hydrogens (tertiary/aromatic N) is 3. The van der Waals surface area contributed by atoms with Crippen LogP contribution in [-0.2, 0) is 11.3 Å². The van der Waals surface area contributed by atoms with Crippen LogP contribution in [-0.4, -0.2) is 33.3 Å². The first kappa shape index (κ1) is 16.8. The molecule has 0 radical (unpaired) electrons. The quantitative estimate of drug-likeness (QED) is 0.733. The minimum Gasteiger partial charge on any atom is -0.340 e. The van der Waals surface area contributed by atoms with Crippen molar-refractivity contribution in [1.82, 2.24) is 15.0 Å². The van der Waals surface area contributed by atoms with E-state index in [2.05, 4.69) is 10.1 Å². The molecule has 0 fully saturated rings. The molecule has 0 N–H and O–H groups in total. The third kappa shape index (κ3) is 4.70. The molecule has 0 unspecified atom stereocenters. The van der Waals surface area contributed by atoms with Gasteiger partial charge in [-0.15, -0.1) is 0 Å². The highest BCUT2D eigenvalue weighted by molar-refractivity contribution is 5.97. The highest BCUT2D eigenvalue weighted by atomic mass is 19.1. The van der Waals surface area contributed by atoms with Crippen molar-refractivity contribution in [3.63, 3.8) is 0 Å². The van der Waals surface area contributed by atoms with Crippen LogP contribution < -0.4 is 0 Å². The predicted octanol–water partition coefficient (Wildman–Crippen LogP) is 2.53. The summed E-state index contributed by atoms with van der Waals surface area (Å²) in [5.74, 6) is 0.123. The minimum absolute atomic E-state index is 0.0756. The Morgan fingerprint density at radius 2 is 1.91 bits per heavy atom. The van der Waals surface area contributed by atoms with Crippen molar-refractivity contribution in [2.45, 2.75) is 33.2 Å². The first-order valence-corrected chi connectivity index (χ1v) is 7.35. The molecule has 0 aliphatic carbocycles. The second-order valence-electron chi connectivity index (χ2n) is 5.07. The van der Waals surface area contributed by atoms with Gasteiger partial charge in [0, 0.05) is 31.9 Å². The van der Waals surface area contributed by atoms with E-state index in [0.29, 0.717) is 23.8 Å². The van der Waals surface area contributed by atoms with Crippen molar-refractivity contribution in [3.8, 4) is 0 Å². The van der Waals surface area contributed by atoms with Gasteiger partial charge in [-0.25, -0.2) is 4.39 Å². The van der Waals surface area contributed by atoms with Crippen LogP contribution >= 0.6 is 0 Å². The normalized spacial score (nSPS) is 10.6. The lowest BCUT2D eigenvalue weighted by Crippen LogP contribution is -2.31. The standard InChI is InChI=1S/C16H18FN3O3/c1-3-20(10-15-18-11(2)23-19-15)16(22)9-8-14(21)12-4-6-13(17)7-5-12/h4-7H,3,8-10H2,1-2H3. The number of rotatable bonds is 7. The monoisotopic (exact) mass is 319 g/mol. The Balaban J connectivity index is 1.89. The Morgan fingerprint density at radius 3 is 2.48 bits per heavy atom. The Bertz CT molecular complexity index is 682. The lowest BCUT2D eigenvalue weighted by atomic mass is 10.1. The van der Waals surface area contributed by atoms with Crippen LogP contribution in [0.3, 0.4) is 0 Å². The molecule has 1 aromatic heterocycles. The third-order valence-electron chi connectivity index (χ3n) is 3.37. The van der Waals surface area contributed by atoms with E-state index in [9.17, 15) is 14.0 Å². The molecule has 1 heterocycles. The molecule has 1 aromatic carbocycles. The number of Topliss-reactive ketones (excluding diaryl/α,β-unsaturated/α-hetero) is 1. The Morgan fingerprint density at radius 1 is 1.22 bits per heavy atom. The molecule has 7 heteroatoms. The van der Waals surface area contributed by atoms with Gasteiger partial charge < -0.3 is 9.42 Å². The first-order chi connectivity index (χ1) is 11.0. The average Bonchev–Trinajstić information content (AvgIpc) is 2.95. The summed E-state index contributed by atoms with van der Waals surface area (Å²) in [5, 5.41) is 3.75. The zero-order valence-corrected chi connectivity index (χ0v) is 13.1.